The maximum Gasteiger partial charge on any atom is 1.00 e. The van der Waals surface area contributed by atoms with Gasteiger partial charge >= 0.3 is 29.6 Å². The average Bonchev–Trinajstić information content (AvgIpc) is 2.49. The quantitative estimate of drug-likeness (QED) is 0.418. The van der Waals surface area contributed by atoms with E-state index in [1.807, 2.05) is 24.3 Å². The number of aliphatic carboxylic acids is 1. The Morgan fingerprint density at radius 3 is 2.42 bits per heavy atom. The van der Waals surface area contributed by atoms with Gasteiger partial charge in [-0.2, -0.15) is 0 Å². The fraction of sp³-hybridized carbons (Fsp3) is 0.375. The molecule has 1 aliphatic carbocycles. The third-order valence-corrected chi connectivity index (χ3v) is 3.29. The summed E-state index contributed by atoms with van der Waals surface area (Å²) in [4.78, 5) is 15.1. The molecule has 4 N–H and O–H groups in total. The number of nitrogens with zero attached hydrogens (tertiary/aromatic N) is 1. The zero-order valence-corrected chi connectivity index (χ0v) is 16.0. The Hall–Kier alpha value is -1.38. The molecule has 0 spiro atoms. The number of allylic oxidation sites excluding steroid dienone is 1. The van der Waals surface area contributed by atoms with Crippen LogP contribution in [0, 0.1) is 0 Å². The second-order valence-electron chi connectivity index (χ2n) is 4.83. The van der Waals surface area contributed by atoms with E-state index in [-0.39, 0.29) is 40.5 Å². The number of carbonyl (C=O) groups excluding carboxylic acids is 1. The number of carbonyl (C=O) groups is 1. The number of methoxy groups -OCH3 is 1. The van der Waals surface area contributed by atoms with E-state index in [9.17, 15) is 9.90 Å². The molecule has 0 atom stereocenters. The monoisotopic (exact) mass is 347 g/mol. The molecule has 1 fully saturated rings. The number of oxime groups is 1. The van der Waals surface area contributed by atoms with Gasteiger partial charge in [0.25, 0.3) is 0 Å². The van der Waals surface area contributed by atoms with Gasteiger partial charge in [-0.25, -0.2) is 0 Å². The molecular formula is C16H22NNaO6. The largest absolute Gasteiger partial charge is 1.00 e. The zero-order valence-electron chi connectivity index (χ0n) is 14.0. The Labute approximate surface area is 163 Å². The molecule has 0 aliphatic heterocycles. The Morgan fingerprint density at radius 2 is 1.83 bits per heavy atom. The van der Waals surface area contributed by atoms with E-state index in [1.54, 1.807) is 7.11 Å². The molecule has 1 aliphatic rings. The summed E-state index contributed by atoms with van der Waals surface area (Å²) in [6.07, 6.45) is 5.91. The molecule has 0 aromatic heterocycles. The number of carboxylic acids is 1. The molecule has 1 saturated carbocycles. The minimum Gasteiger partial charge on any atom is -0.546 e. The summed E-state index contributed by atoms with van der Waals surface area (Å²) < 4.78 is 5.13. The summed E-state index contributed by atoms with van der Waals surface area (Å²) in [5.41, 5.74) is 2.96. The molecule has 0 bridgehead atoms. The van der Waals surface area contributed by atoms with Crippen LogP contribution in [0.5, 0.6) is 5.75 Å². The molecule has 0 unspecified atom stereocenters. The van der Waals surface area contributed by atoms with Gasteiger partial charge < -0.3 is 30.4 Å². The van der Waals surface area contributed by atoms with E-state index >= 15 is 0 Å². The normalized spacial score (nSPS) is 16.4. The molecule has 0 heterocycles. The van der Waals surface area contributed by atoms with Crippen molar-refractivity contribution < 1.29 is 60.0 Å². The zero-order chi connectivity index (χ0) is 15.1. The first-order valence-corrected chi connectivity index (χ1v) is 6.92. The Bertz CT molecular complexity index is 556. The van der Waals surface area contributed by atoms with Gasteiger partial charge in [-0.1, -0.05) is 17.3 Å². The first-order valence-electron chi connectivity index (χ1n) is 6.92. The van der Waals surface area contributed by atoms with E-state index in [4.69, 9.17) is 9.57 Å². The van der Waals surface area contributed by atoms with Crippen molar-refractivity contribution in [3.63, 3.8) is 0 Å². The van der Waals surface area contributed by atoms with Gasteiger partial charge in [0.2, 0.25) is 0 Å². The fourth-order valence-electron chi connectivity index (χ4n) is 2.24. The Kier molecular flexibility index (Phi) is 13.4. The number of ether oxygens (including phenoxy) is 1. The van der Waals surface area contributed by atoms with Gasteiger partial charge in [0.05, 0.1) is 18.8 Å². The first-order chi connectivity index (χ1) is 10.2. The van der Waals surface area contributed by atoms with Crippen LogP contribution < -0.4 is 39.4 Å². The SMILES string of the molecule is COc1ccc(/C=C2/CCCC/C2=N\OCC(=O)[O-])cc1.O.O.[Na+]. The predicted molar refractivity (Wildman–Crippen MR) is 85.1 cm³/mol. The predicted octanol–water partition coefficient (Wildman–Crippen LogP) is -2.87. The topological polar surface area (TPSA) is 134 Å². The van der Waals surface area contributed by atoms with Crippen molar-refractivity contribution in [2.75, 3.05) is 13.7 Å². The van der Waals surface area contributed by atoms with Gasteiger partial charge in [0, 0.05) is 0 Å². The smallest absolute Gasteiger partial charge is 0.546 e. The standard InChI is InChI=1S/C16H19NO4.Na.2H2O/c1-20-14-8-6-12(7-9-14)10-13-4-2-3-5-15(13)17-21-11-16(18)19;;;/h6-10H,2-5,11H2,1H3,(H,18,19);;2*1H2/q;+1;;/p-1/b13-10-,17-15+;;;. The van der Waals surface area contributed by atoms with Crippen LogP contribution in [0.2, 0.25) is 0 Å². The maximum atomic E-state index is 10.3. The Morgan fingerprint density at radius 1 is 1.21 bits per heavy atom. The van der Waals surface area contributed by atoms with Crippen molar-refractivity contribution in [3.8, 4) is 5.75 Å². The third kappa shape index (κ3) is 7.94. The summed E-state index contributed by atoms with van der Waals surface area (Å²) in [7, 11) is 1.63. The maximum absolute atomic E-state index is 10.3. The van der Waals surface area contributed by atoms with E-state index in [1.165, 1.54) is 0 Å². The molecule has 1 aromatic carbocycles. The molecule has 7 nitrogen and oxygen atoms in total. The van der Waals surface area contributed by atoms with Crippen molar-refractivity contribution in [2.45, 2.75) is 25.7 Å². The van der Waals surface area contributed by atoms with Gasteiger partial charge in [-0.05, 0) is 55.0 Å². The minimum absolute atomic E-state index is 0. The third-order valence-electron chi connectivity index (χ3n) is 3.29. The van der Waals surface area contributed by atoms with Crippen molar-refractivity contribution in [1.82, 2.24) is 0 Å². The number of rotatable bonds is 5. The molecule has 128 valence electrons. The summed E-state index contributed by atoms with van der Waals surface area (Å²) >= 11 is 0. The van der Waals surface area contributed by atoms with Crippen molar-refractivity contribution in [2.24, 2.45) is 5.16 Å². The van der Waals surface area contributed by atoms with Crippen LogP contribution in [0.4, 0.5) is 0 Å². The van der Waals surface area contributed by atoms with Gasteiger partial charge in [0.15, 0.2) is 6.61 Å². The number of benzene rings is 1. The van der Waals surface area contributed by atoms with Crippen molar-refractivity contribution >= 4 is 17.8 Å². The van der Waals surface area contributed by atoms with Crippen molar-refractivity contribution in [3.05, 3.63) is 35.4 Å². The van der Waals surface area contributed by atoms with E-state index < -0.39 is 12.6 Å². The molecular weight excluding hydrogens is 325 g/mol. The number of carboxylic acid groups (broad SMARTS) is 1. The molecule has 8 heteroatoms. The van der Waals surface area contributed by atoms with Crippen LogP contribution in [-0.2, 0) is 9.63 Å². The summed E-state index contributed by atoms with van der Waals surface area (Å²) in [5.74, 6) is -0.456. The summed E-state index contributed by atoms with van der Waals surface area (Å²) in [6, 6.07) is 7.75. The van der Waals surface area contributed by atoms with E-state index in [2.05, 4.69) is 11.2 Å². The van der Waals surface area contributed by atoms with Crippen LogP contribution in [0.15, 0.2) is 35.0 Å². The van der Waals surface area contributed by atoms with Crippen molar-refractivity contribution in [1.29, 1.82) is 0 Å². The number of hydrogen-bond acceptors (Lipinski definition) is 5. The minimum atomic E-state index is -1.27. The summed E-state index contributed by atoms with van der Waals surface area (Å²) in [6.45, 7) is -0.515. The fourth-order valence-corrected chi connectivity index (χ4v) is 2.24. The summed E-state index contributed by atoms with van der Waals surface area (Å²) in [5, 5.41) is 14.3. The number of hydrogen-bond donors (Lipinski definition) is 0. The van der Waals surface area contributed by atoms with E-state index in [0.29, 0.717) is 0 Å². The van der Waals surface area contributed by atoms with Gasteiger partial charge in [-0.3, -0.25) is 0 Å². The molecule has 0 radical (unpaired) electrons. The molecule has 1 aromatic rings. The first kappa shape index (κ1) is 24.9. The molecule has 0 amide bonds. The second kappa shape index (κ2) is 13.0. The van der Waals surface area contributed by atoms with Crippen LogP contribution in [-0.4, -0.2) is 36.4 Å². The molecule has 0 saturated heterocycles. The van der Waals surface area contributed by atoms with Crippen LogP contribution in [0.1, 0.15) is 31.2 Å². The van der Waals surface area contributed by atoms with Gasteiger partial charge in [-0.15, -0.1) is 0 Å². The van der Waals surface area contributed by atoms with Crippen LogP contribution in [0.25, 0.3) is 6.08 Å². The average molecular weight is 347 g/mol. The Balaban J connectivity index is 0. The van der Waals surface area contributed by atoms with E-state index in [0.717, 1.165) is 48.3 Å². The molecule has 2 rings (SSSR count). The second-order valence-corrected chi connectivity index (χ2v) is 4.83. The molecule has 24 heavy (non-hydrogen) atoms. The van der Waals surface area contributed by atoms with Gasteiger partial charge in [0.1, 0.15) is 5.75 Å². The van der Waals surface area contributed by atoms with Crippen LogP contribution in [0.3, 0.4) is 0 Å². The van der Waals surface area contributed by atoms with Crippen LogP contribution >= 0.6 is 0 Å².